The first-order valence-electron chi connectivity index (χ1n) is 7.56. The molecule has 0 unspecified atom stereocenters. The number of aromatic amines is 1. The van der Waals surface area contributed by atoms with E-state index >= 15 is 0 Å². The van der Waals surface area contributed by atoms with Crippen molar-refractivity contribution in [2.24, 2.45) is 0 Å². The zero-order chi connectivity index (χ0) is 20.9. The first kappa shape index (κ1) is 20.0. The predicted octanol–water partition coefficient (Wildman–Crippen LogP) is 3.85. The molecule has 0 saturated carbocycles. The average molecular weight is 424 g/mol. The van der Waals surface area contributed by atoms with Crippen molar-refractivity contribution in [2.75, 3.05) is 5.75 Å². The maximum Gasteiger partial charge on any atom is 0.433 e. The van der Waals surface area contributed by atoms with Gasteiger partial charge in [0.25, 0.3) is 0 Å². The summed E-state index contributed by atoms with van der Waals surface area (Å²) in [6.45, 7) is 1.23. The van der Waals surface area contributed by atoms with Crippen LogP contribution in [0.15, 0.2) is 29.4 Å². The first-order valence-corrected chi connectivity index (χ1v) is 9.21. The van der Waals surface area contributed by atoms with Crippen molar-refractivity contribution in [3.8, 4) is 11.5 Å². The summed E-state index contributed by atoms with van der Waals surface area (Å²) in [5.74, 6) is -0.805. The first-order chi connectivity index (χ1) is 12.8. The molecule has 0 aliphatic heterocycles. The van der Waals surface area contributed by atoms with Crippen molar-refractivity contribution in [1.82, 2.24) is 19.9 Å². The van der Waals surface area contributed by atoms with E-state index in [-0.39, 0.29) is 16.9 Å². The van der Waals surface area contributed by atoms with Gasteiger partial charge in [0.2, 0.25) is 0 Å². The van der Waals surface area contributed by atoms with Crippen molar-refractivity contribution in [2.45, 2.75) is 24.2 Å². The van der Waals surface area contributed by atoms with Crippen molar-refractivity contribution in [3.05, 3.63) is 35.8 Å². The minimum atomic E-state index is -4.83. The zero-order valence-corrected chi connectivity index (χ0v) is 14.7. The van der Waals surface area contributed by atoms with Crippen LogP contribution in [0.1, 0.15) is 18.2 Å². The van der Waals surface area contributed by atoms with Gasteiger partial charge >= 0.3 is 12.4 Å². The van der Waals surface area contributed by atoms with Crippen LogP contribution in [0.4, 0.5) is 26.3 Å². The average Bonchev–Trinajstić information content (AvgIpc) is 3.02. The van der Waals surface area contributed by atoms with Crippen LogP contribution in [-0.4, -0.2) is 34.1 Å². The van der Waals surface area contributed by atoms with Gasteiger partial charge in [-0.05, 0) is 12.1 Å². The normalized spacial score (nSPS) is 13.2. The maximum absolute atomic E-state index is 12.9. The van der Waals surface area contributed by atoms with E-state index in [1.54, 1.807) is 0 Å². The van der Waals surface area contributed by atoms with E-state index in [1.807, 2.05) is 0 Å². The molecule has 3 aromatic rings. The summed E-state index contributed by atoms with van der Waals surface area (Å²) in [7, 11) is -4.15. The third kappa shape index (κ3) is 3.66. The Morgan fingerprint density at radius 2 is 1.68 bits per heavy atom. The lowest BCUT2D eigenvalue weighted by Gasteiger charge is -2.11. The van der Waals surface area contributed by atoms with Crippen LogP contribution < -0.4 is 0 Å². The van der Waals surface area contributed by atoms with Crippen molar-refractivity contribution in [3.63, 3.8) is 0 Å². The smallest absolute Gasteiger partial charge is 0.335 e. The second-order valence-electron chi connectivity index (χ2n) is 5.64. The van der Waals surface area contributed by atoms with Gasteiger partial charge in [-0.1, -0.05) is 6.92 Å². The molecule has 3 aromatic heterocycles. The Kier molecular flexibility index (Phi) is 4.60. The molecule has 0 amide bonds. The minimum Gasteiger partial charge on any atom is -0.335 e. The minimum absolute atomic E-state index is 0.0320. The van der Waals surface area contributed by atoms with E-state index < -0.39 is 49.8 Å². The number of rotatable bonds is 3. The van der Waals surface area contributed by atoms with E-state index in [2.05, 4.69) is 19.9 Å². The van der Waals surface area contributed by atoms with Gasteiger partial charge in [-0.25, -0.2) is 18.4 Å². The lowest BCUT2D eigenvalue weighted by Crippen LogP contribution is -2.12. The van der Waals surface area contributed by atoms with Gasteiger partial charge in [0, 0.05) is 6.20 Å². The Labute approximate surface area is 153 Å². The number of sulfone groups is 1. The highest BCUT2D eigenvalue weighted by Crippen LogP contribution is 2.34. The molecule has 6 nitrogen and oxygen atoms in total. The molecule has 0 aliphatic rings. The molecule has 28 heavy (non-hydrogen) atoms. The largest absolute Gasteiger partial charge is 0.433 e. The summed E-state index contributed by atoms with van der Waals surface area (Å²) in [6, 6.07) is 1.06. The van der Waals surface area contributed by atoms with Crippen LogP contribution >= 0.6 is 0 Å². The molecule has 0 saturated heterocycles. The fourth-order valence-electron chi connectivity index (χ4n) is 2.35. The fourth-order valence-corrected chi connectivity index (χ4v) is 3.41. The highest BCUT2D eigenvalue weighted by atomic mass is 32.2. The summed E-state index contributed by atoms with van der Waals surface area (Å²) >= 11 is 0. The van der Waals surface area contributed by atoms with Crippen molar-refractivity contribution in [1.29, 1.82) is 0 Å². The monoisotopic (exact) mass is 424 g/mol. The predicted molar refractivity (Wildman–Crippen MR) is 84.9 cm³/mol. The molecule has 0 atom stereocenters. The highest BCUT2D eigenvalue weighted by molar-refractivity contribution is 7.91. The Balaban J connectivity index is 2.23. The highest BCUT2D eigenvalue weighted by Gasteiger charge is 2.35. The van der Waals surface area contributed by atoms with Gasteiger partial charge in [0.05, 0.1) is 33.4 Å². The van der Waals surface area contributed by atoms with Crippen LogP contribution in [0.3, 0.4) is 0 Å². The van der Waals surface area contributed by atoms with Crippen LogP contribution in [0.5, 0.6) is 0 Å². The molecular formula is C15H10F6N4O2S. The Morgan fingerprint density at radius 3 is 2.25 bits per heavy atom. The molecule has 13 heteroatoms. The lowest BCUT2D eigenvalue weighted by atomic mass is 10.2. The van der Waals surface area contributed by atoms with Gasteiger partial charge in [-0.2, -0.15) is 26.3 Å². The number of nitrogens with zero attached hydrogens (tertiary/aromatic N) is 3. The summed E-state index contributed by atoms with van der Waals surface area (Å²) in [5, 5.41) is 0. The van der Waals surface area contributed by atoms with E-state index in [4.69, 9.17) is 0 Å². The van der Waals surface area contributed by atoms with Gasteiger partial charge in [-0.15, -0.1) is 0 Å². The van der Waals surface area contributed by atoms with Crippen LogP contribution in [0, 0.1) is 0 Å². The number of hydrogen-bond donors (Lipinski definition) is 1. The molecule has 0 fully saturated rings. The number of nitrogens with one attached hydrogen (secondary N) is 1. The summed E-state index contributed by atoms with van der Waals surface area (Å²) in [6.07, 6.45) is -8.29. The van der Waals surface area contributed by atoms with Gasteiger partial charge in [-0.3, -0.25) is 4.98 Å². The van der Waals surface area contributed by atoms with Crippen molar-refractivity contribution < 1.29 is 34.8 Å². The maximum atomic E-state index is 12.9. The van der Waals surface area contributed by atoms with E-state index in [1.165, 1.54) is 6.92 Å². The van der Waals surface area contributed by atoms with Crippen molar-refractivity contribution >= 4 is 20.9 Å². The Hall–Kier alpha value is -2.70. The summed E-state index contributed by atoms with van der Waals surface area (Å²) in [5.41, 5.74) is -3.09. The molecule has 150 valence electrons. The second-order valence-corrected chi connectivity index (χ2v) is 7.89. The van der Waals surface area contributed by atoms with E-state index in [9.17, 15) is 34.8 Å². The Bertz CT molecular complexity index is 1150. The van der Waals surface area contributed by atoms with Crippen LogP contribution in [0.2, 0.25) is 0 Å². The summed E-state index contributed by atoms with van der Waals surface area (Å²) < 4.78 is 102. The molecule has 3 heterocycles. The zero-order valence-electron chi connectivity index (χ0n) is 13.9. The van der Waals surface area contributed by atoms with Gasteiger partial charge < -0.3 is 4.98 Å². The number of pyridine rings is 2. The van der Waals surface area contributed by atoms with Crippen LogP contribution in [0.25, 0.3) is 22.6 Å². The number of fused-ring (bicyclic) bond motifs is 1. The SMILES string of the molecule is CCS(=O)(=O)c1cc(C(F)(F)F)cnc1-c1nc2cc(C(F)(F)F)ncc2[nH]1. The molecule has 0 bridgehead atoms. The number of hydrogen-bond acceptors (Lipinski definition) is 5. The van der Waals surface area contributed by atoms with E-state index in [0.717, 1.165) is 6.20 Å². The lowest BCUT2D eigenvalue weighted by molar-refractivity contribution is -0.141. The number of imidazole rings is 1. The molecule has 3 rings (SSSR count). The molecule has 1 N–H and O–H groups in total. The number of aromatic nitrogens is 4. The molecule has 0 spiro atoms. The second kappa shape index (κ2) is 6.43. The third-order valence-electron chi connectivity index (χ3n) is 3.78. The standard InChI is InChI=1S/C15H10F6N4O2S/c1-2-28(26,27)10-3-7(14(16,17)18)5-23-12(10)13-24-8-4-11(15(19,20)21)22-6-9(8)25-13/h3-6H,2H2,1H3,(H,24,25). The topological polar surface area (TPSA) is 88.6 Å². The summed E-state index contributed by atoms with van der Waals surface area (Å²) in [4.78, 5) is 12.5. The Morgan fingerprint density at radius 1 is 1.00 bits per heavy atom. The molecule has 0 radical (unpaired) electrons. The molecule has 0 aliphatic carbocycles. The quantitative estimate of drug-likeness (QED) is 0.646. The molecule has 0 aromatic carbocycles. The number of alkyl halides is 6. The van der Waals surface area contributed by atoms with Gasteiger partial charge in [0.15, 0.2) is 15.7 Å². The number of H-pyrrole nitrogens is 1. The number of halogens is 6. The molecular weight excluding hydrogens is 414 g/mol. The fraction of sp³-hybridized carbons (Fsp3) is 0.267. The third-order valence-corrected chi connectivity index (χ3v) is 5.52. The van der Waals surface area contributed by atoms with Crippen LogP contribution in [-0.2, 0) is 22.2 Å². The van der Waals surface area contributed by atoms with Gasteiger partial charge in [0.1, 0.15) is 11.4 Å². The van der Waals surface area contributed by atoms with E-state index in [0.29, 0.717) is 18.3 Å².